The van der Waals surface area contributed by atoms with E-state index >= 15 is 0 Å². The molecular weight excluding hydrogens is 354 g/mol. The van der Waals surface area contributed by atoms with E-state index in [2.05, 4.69) is 42.5 Å². The fourth-order valence-corrected chi connectivity index (χ4v) is 4.00. The molecule has 4 rings (SSSR count). The van der Waals surface area contributed by atoms with Gasteiger partial charge in [-0.25, -0.2) is 9.97 Å². The molecule has 1 saturated carbocycles. The minimum absolute atomic E-state index is 0.00799. The molecule has 0 saturated heterocycles. The van der Waals surface area contributed by atoms with Crippen LogP contribution in [0.4, 0.5) is 10.8 Å². The summed E-state index contributed by atoms with van der Waals surface area (Å²) in [7, 11) is 0. The van der Waals surface area contributed by atoms with E-state index in [1.807, 2.05) is 30.3 Å². The molecule has 0 bridgehead atoms. The Hall–Kier alpha value is -2.40. The van der Waals surface area contributed by atoms with Crippen molar-refractivity contribution in [3.63, 3.8) is 0 Å². The Morgan fingerprint density at radius 3 is 2.67 bits per heavy atom. The van der Waals surface area contributed by atoms with Crippen molar-refractivity contribution in [3.8, 4) is 11.6 Å². The average molecular weight is 380 g/mol. The van der Waals surface area contributed by atoms with Crippen molar-refractivity contribution < 1.29 is 4.74 Å². The summed E-state index contributed by atoms with van der Waals surface area (Å²) >= 11 is 1.64. The fraction of sp³-hybridized carbons (Fsp3) is 0.364. The number of anilines is 2. The summed E-state index contributed by atoms with van der Waals surface area (Å²) in [5.74, 6) is 2.04. The van der Waals surface area contributed by atoms with E-state index in [-0.39, 0.29) is 5.41 Å². The van der Waals surface area contributed by atoms with Crippen molar-refractivity contribution in [1.29, 1.82) is 0 Å². The Labute approximate surface area is 164 Å². The number of rotatable bonds is 5. The van der Waals surface area contributed by atoms with Gasteiger partial charge in [-0.05, 0) is 36.5 Å². The normalized spacial score (nSPS) is 14.6. The van der Waals surface area contributed by atoms with Gasteiger partial charge in [0, 0.05) is 23.1 Å². The van der Waals surface area contributed by atoms with Crippen LogP contribution in [0, 0.1) is 0 Å². The highest BCUT2D eigenvalue weighted by Crippen LogP contribution is 2.39. The number of ether oxygens (including phenoxy) is 1. The SMILES string of the molecule is CC(C)(C)c1ccccc1Oc1ncccc1Nc1nc(C2CCC2)cs1. The van der Waals surface area contributed by atoms with Crippen molar-refractivity contribution in [2.45, 2.75) is 51.4 Å². The van der Waals surface area contributed by atoms with E-state index in [1.54, 1.807) is 17.5 Å². The van der Waals surface area contributed by atoms with Gasteiger partial charge in [0.25, 0.3) is 0 Å². The van der Waals surface area contributed by atoms with Gasteiger partial charge >= 0.3 is 0 Å². The van der Waals surface area contributed by atoms with Crippen LogP contribution >= 0.6 is 11.3 Å². The quantitative estimate of drug-likeness (QED) is 0.540. The van der Waals surface area contributed by atoms with Crippen LogP contribution in [0.1, 0.15) is 57.2 Å². The zero-order valence-electron chi connectivity index (χ0n) is 16.0. The standard InChI is InChI=1S/C22H25N3OS/c1-22(2,3)16-10-4-5-12-19(16)26-20-17(11-7-13-23-20)24-21-25-18(14-27-21)15-8-6-9-15/h4-5,7,10-15H,6,8-9H2,1-3H3,(H,24,25). The number of hydrogen-bond donors (Lipinski definition) is 1. The molecule has 4 nitrogen and oxygen atoms in total. The van der Waals surface area contributed by atoms with Crippen LogP contribution in [0.3, 0.4) is 0 Å². The lowest BCUT2D eigenvalue weighted by Crippen LogP contribution is -2.12. The van der Waals surface area contributed by atoms with Gasteiger partial charge in [-0.1, -0.05) is 45.4 Å². The summed E-state index contributed by atoms with van der Waals surface area (Å²) in [4.78, 5) is 9.21. The minimum Gasteiger partial charge on any atom is -0.437 e. The highest BCUT2D eigenvalue weighted by Gasteiger charge is 2.23. The summed E-state index contributed by atoms with van der Waals surface area (Å²) < 4.78 is 6.23. The molecule has 0 radical (unpaired) electrons. The number of nitrogens with zero attached hydrogens (tertiary/aromatic N) is 2. The molecule has 1 aromatic carbocycles. The number of pyridine rings is 1. The van der Waals surface area contributed by atoms with Gasteiger partial charge in [-0.2, -0.15) is 0 Å². The van der Waals surface area contributed by atoms with Gasteiger partial charge in [0.1, 0.15) is 11.4 Å². The second-order valence-corrected chi connectivity index (χ2v) is 8.89. The second kappa shape index (κ2) is 7.31. The smallest absolute Gasteiger partial charge is 0.243 e. The number of para-hydroxylation sites is 1. The van der Waals surface area contributed by atoms with Crippen LogP contribution in [-0.4, -0.2) is 9.97 Å². The molecule has 2 heterocycles. The predicted molar refractivity (Wildman–Crippen MR) is 111 cm³/mol. The van der Waals surface area contributed by atoms with Crippen LogP contribution in [0.15, 0.2) is 48.0 Å². The molecule has 0 atom stereocenters. The largest absolute Gasteiger partial charge is 0.437 e. The highest BCUT2D eigenvalue weighted by molar-refractivity contribution is 7.13. The Morgan fingerprint density at radius 1 is 1.11 bits per heavy atom. The molecule has 140 valence electrons. The van der Waals surface area contributed by atoms with Gasteiger partial charge in [-0.3, -0.25) is 0 Å². The maximum absolute atomic E-state index is 6.23. The van der Waals surface area contributed by atoms with Crippen LogP contribution in [0.25, 0.3) is 0 Å². The first-order valence-corrected chi connectivity index (χ1v) is 10.3. The third-order valence-corrected chi connectivity index (χ3v) is 5.74. The maximum Gasteiger partial charge on any atom is 0.243 e. The molecule has 0 spiro atoms. The fourth-order valence-electron chi connectivity index (χ4n) is 3.20. The number of hydrogen-bond acceptors (Lipinski definition) is 5. The molecule has 0 amide bonds. The van der Waals surface area contributed by atoms with E-state index in [0.29, 0.717) is 11.8 Å². The molecule has 1 N–H and O–H groups in total. The van der Waals surface area contributed by atoms with Gasteiger partial charge in [0.05, 0.1) is 5.69 Å². The highest BCUT2D eigenvalue weighted by atomic mass is 32.1. The maximum atomic E-state index is 6.23. The molecule has 1 fully saturated rings. The van der Waals surface area contributed by atoms with Crippen molar-refractivity contribution in [1.82, 2.24) is 9.97 Å². The first-order valence-electron chi connectivity index (χ1n) is 9.45. The first kappa shape index (κ1) is 18.0. The number of benzene rings is 1. The average Bonchev–Trinajstić information content (AvgIpc) is 3.02. The lowest BCUT2D eigenvalue weighted by Gasteiger charge is -2.23. The molecule has 5 heteroatoms. The number of aromatic nitrogens is 2. The topological polar surface area (TPSA) is 47.0 Å². The molecule has 27 heavy (non-hydrogen) atoms. The van der Waals surface area contributed by atoms with Crippen molar-refractivity contribution >= 4 is 22.2 Å². The van der Waals surface area contributed by atoms with E-state index in [4.69, 9.17) is 9.72 Å². The van der Waals surface area contributed by atoms with Gasteiger partial charge < -0.3 is 10.1 Å². The second-order valence-electron chi connectivity index (χ2n) is 8.03. The number of nitrogens with one attached hydrogen (secondary N) is 1. The van der Waals surface area contributed by atoms with Crippen LogP contribution in [-0.2, 0) is 5.41 Å². The van der Waals surface area contributed by atoms with Crippen molar-refractivity contribution in [2.24, 2.45) is 0 Å². The van der Waals surface area contributed by atoms with E-state index in [1.165, 1.54) is 25.0 Å². The van der Waals surface area contributed by atoms with Crippen molar-refractivity contribution in [3.05, 3.63) is 59.2 Å². The number of thiazole rings is 1. The predicted octanol–water partition coefficient (Wildman–Crippen LogP) is 6.64. The molecule has 3 aromatic rings. The Bertz CT molecular complexity index is 925. The Morgan fingerprint density at radius 2 is 1.93 bits per heavy atom. The van der Waals surface area contributed by atoms with E-state index in [0.717, 1.165) is 22.1 Å². The molecule has 1 aliphatic rings. The summed E-state index contributed by atoms with van der Waals surface area (Å²) in [6.45, 7) is 6.55. The summed E-state index contributed by atoms with van der Waals surface area (Å²) in [5, 5.41) is 6.45. The summed E-state index contributed by atoms with van der Waals surface area (Å²) in [6.07, 6.45) is 5.59. The Kier molecular flexibility index (Phi) is 4.87. The zero-order valence-corrected chi connectivity index (χ0v) is 16.8. The summed E-state index contributed by atoms with van der Waals surface area (Å²) in [5.41, 5.74) is 3.18. The lowest BCUT2D eigenvalue weighted by molar-refractivity contribution is 0.413. The Balaban J connectivity index is 1.58. The zero-order chi connectivity index (χ0) is 18.9. The third kappa shape index (κ3) is 3.98. The van der Waals surface area contributed by atoms with Gasteiger partial charge in [-0.15, -0.1) is 11.3 Å². The van der Waals surface area contributed by atoms with Crippen LogP contribution in [0.5, 0.6) is 11.6 Å². The van der Waals surface area contributed by atoms with Gasteiger partial charge in [0.15, 0.2) is 5.13 Å². The molecule has 2 aromatic heterocycles. The van der Waals surface area contributed by atoms with Gasteiger partial charge in [0.2, 0.25) is 5.88 Å². The van der Waals surface area contributed by atoms with Crippen molar-refractivity contribution in [2.75, 3.05) is 5.32 Å². The minimum atomic E-state index is -0.00799. The monoisotopic (exact) mass is 379 g/mol. The van der Waals surface area contributed by atoms with E-state index < -0.39 is 0 Å². The third-order valence-electron chi connectivity index (χ3n) is 4.96. The summed E-state index contributed by atoms with van der Waals surface area (Å²) in [6, 6.07) is 12.0. The lowest BCUT2D eigenvalue weighted by atomic mass is 9.83. The molecule has 1 aliphatic carbocycles. The van der Waals surface area contributed by atoms with Crippen LogP contribution in [0.2, 0.25) is 0 Å². The molecule has 0 aliphatic heterocycles. The first-order chi connectivity index (χ1) is 13.0. The van der Waals surface area contributed by atoms with E-state index in [9.17, 15) is 0 Å². The van der Waals surface area contributed by atoms with Crippen LogP contribution < -0.4 is 10.1 Å². The molecule has 0 unspecified atom stereocenters. The molecular formula is C22H25N3OS.